The SMILES string of the molecule is C#CCN(CC)CC(C)N. The minimum absolute atomic E-state index is 0.216. The van der Waals surface area contributed by atoms with Crippen LogP contribution in [0.5, 0.6) is 0 Å². The second kappa shape index (κ2) is 5.28. The Labute approximate surface area is 63.4 Å². The van der Waals surface area contributed by atoms with Crippen LogP contribution in [-0.2, 0) is 0 Å². The highest BCUT2D eigenvalue weighted by Crippen LogP contribution is 1.87. The highest BCUT2D eigenvalue weighted by molar-refractivity contribution is 4.88. The Hall–Kier alpha value is -0.520. The summed E-state index contributed by atoms with van der Waals surface area (Å²) >= 11 is 0. The van der Waals surface area contributed by atoms with Gasteiger partial charge in [-0.3, -0.25) is 4.90 Å². The molecule has 2 nitrogen and oxygen atoms in total. The van der Waals surface area contributed by atoms with Crippen molar-refractivity contribution in [3.63, 3.8) is 0 Å². The van der Waals surface area contributed by atoms with Gasteiger partial charge in [-0.1, -0.05) is 12.8 Å². The average Bonchev–Trinajstić information content (AvgIpc) is 1.86. The van der Waals surface area contributed by atoms with Crippen molar-refractivity contribution in [1.29, 1.82) is 0 Å². The minimum Gasteiger partial charge on any atom is -0.327 e. The molecule has 0 heterocycles. The number of nitrogens with zero attached hydrogens (tertiary/aromatic N) is 1. The second-order valence-corrected chi connectivity index (χ2v) is 2.51. The summed E-state index contributed by atoms with van der Waals surface area (Å²) in [5.41, 5.74) is 5.59. The zero-order chi connectivity index (χ0) is 7.98. The van der Waals surface area contributed by atoms with Crippen LogP contribution in [0.25, 0.3) is 0 Å². The summed E-state index contributed by atoms with van der Waals surface area (Å²) in [6.07, 6.45) is 5.15. The maximum absolute atomic E-state index is 5.59. The molecule has 0 aliphatic carbocycles. The van der Waals surface area contributed by atoms with Crippen LogP contribution in [0.1, 0.15) is 13.8 Å². The van der Waals surface area contributed by atoms with Gasteiger partial charge in [0, 0.05) is 12.6 Å². The fourth-order valence-corrected chi connectivity index (χ4v) is 0.842. The molecular weight excluding hydrogens is 124 g/mol. The molecule has 1 unspecified atom stereocenters. The molecule has 1 atom stereocenters. The van der Waals surface area contributed by atoms with E-state index >= 15 is 0 Å². The van der Waals surface area contributed by atoms with Gasteiger partial charge in [0.2, 0.25) is 0 Å². The van der Waals surface area contributed by atoms with Crippen molar-refractivity contribution in [2.45, 2.75) is 19.9 Å². The highest BCUT2D eigenvalue weighted by Gasteiger charge is 2.01. The number of rotatable bonds is 4. The Balaban J connectivity index is 3.52. The van der Waals surface area contributed by atoms with Crippen molar-refractivity contribution < 1.29 is 0 Å². The molecule has 0 radical (unpaired) electrons. The molecule has 2 heteroatoms. The summed E-state index contributed by atoms with van der Waals surface area (Å²) in [6.45, 7) is 6.64. The molecule has 10 heavy (non-hydrogen) atoms. The normalized spacial score (nSPS) is 13.1. The first-order valence-corrected chi connectivity index (χ1v) is 3.62. The van der Waals surface area contributed by atoms with Crippen LogP contribution in [0.4, 0.5) is 0 Å². The molecule has 0 saturated carbocycles. The third-order valence-corrected chi connectivity index (χ3v) is 1.31. The van der Waals surface area contributed by atoms with Gasteiger partial charge in [-0.05, 0) is 13.5 Å². The van der Waals surface area contributed by atoms with Crippen LogP contribution >= 0.6 is 0 Å². The molecule has 0 saturated heterocycles. The second-order valence-electron chi connectivity index (χ2n) is 2.51. The Kier molecular flexibility index (Phi) is 5.00. The van der Waals surface area contributed by atoms with Gasteiger partial charge in [0.1, 0.15) is 0 Å². The van der Waals surface area contributed by atoms with Crippen molar-refractivity contribution in [2.75, 3.05) is 19.6 Å². The average molecular weight is 140 g/mol. The number of nitrogens with two attached hydrogens (primary N) is 1. The monoisotopic (exact) mass is 140 g/mol. The zero-order valence-electron chi connectivity index (χ0n) is 6.80. The maximum atomic E-state index is 5.59. The van der Waals surface area contributed by atoms with E-state index in [2.05, 4.69) is 17.7 Å². The molecular formula is C8H16N2. The first-order chi connectivity index (χ1) is 4.70. The third kappa shape index (κ3) is 4.37. The lowest BCUT2D eigenvalue weighted by molar-refractivity contribution is 0.307. The minimum atomic E-state index is 0.216. The molecule has 58 valence electrons. The van der Waals surface area contributed by atoms with E-state index in [1.807, 2.05) is 6.92 Å². The summed E-state index contributed by atoms with van der Waals surface area (Å²) in [4.78, 5) is 2.14. The molecule has 0 aromatic heterocycles. The van der Waals surface area contributed by atoms with E-state index in [-0.39, 0.29) is 6.04 Å². The summed E-state index contributed by atoms with van der Waals surface area (Å²) < 4.78 is 0. The molecule has 2 N–H and O–H groups in total. The maximum Gasteiger partial charge on any atom is 0.0599 e. The third-order valence-electron chi connectivity index (χ3n) is 1.31. The topological polar surface area (TPSA) is 29.3 Å². The lowest BCUT2D eigenvalue weighted by Crippen LogP contribution is -2.35. The van der Waals surface area contributed by atoms with Crippen molar-refractivity contribution in [3.8, 4) is 12.3 Å². The van der Waals surface area contributed by atoms with Crippen LogP contribution in [0, 0.1) is 12.3 Å². The van der Waals surface area contributed by atoms with Gasteiger partial charge in [0.15, 0.2) is 0 Å². The fourth-order valence-electron chi connectivity index (χ4n) is 0.842. The van der Waals surface area contributed by atoms with Crippen molar-refractivity contribution in [2.24, 2.45) is 5.73 Å². The predicted molar refractivity (Wildman–Crippen MR) is 44.6 cm³/mol. The largest absolute Gasteiger partial charge is 0.327 e. The van der Waals surface area contributed by atoms with Gasteiger partial charge in [-0.2, -0.15) is 0 Å². The van der Waals surface area contributed by atoms with E-state index in [0.29, 0.717) is 6.54 Å². The van der Waals surface area contributed by atoms with Gasteiger partial charge in [0.25, 0.3) is 0 Å². The van der Waals surface area contributed by atoms with Crippen molar-refractivity contribution in [3.05, 3.63) is 0 Å². The molecule has 0 bridgehead atoms. The van der Waals surface area contributed by atoms with E-state index in [9.17, 15) is 0 Å². The van der Waals surface area contributed by atoms with E-state index < -0.39 is 0 Å². The Morgan fingerprint density at radius 1 is 1.70 bits per heavy atom. The lowest BCUT2D eigenvalue weighted by atomic mass is 10.3. The van der Waals surface area contributed by atoms with Crippen LogP contribution in [0.2, 0.25) is 0 Å². The summed E-state index contributed by atoms with van der Waals surface area (Å²) in [6, 6.07) is 0.216. The molecule has 0 amide bonds. The van der Waals surface area contributed by atoms with Crippen LogP contribution in [0.15, 0.2) is 0 Å². The molecule has 0 fully saturated rings. The van der Waals surface area contributed by atoms with Crippen LogP contribution in [0.3, 0.4) is 0 Å². The summed E-state index contributed by atoms with van der Waals surface area (Å²) in [7, 11) is 0. The van der Waals surface area contributed by atoms with Crippen molar-refractivity contribution >= 4 is 0 Å². The van der Waals surface area contributed by atoms with Crippen LogP contribution < -0.4 is 5.73 Å². The summed E-state index contributed by atoms with van der Waals surface area (Å²) in [5, 5.41) is 0. The first-order valence-electron chi connectivity index (χ1n) is 3.62. The van der Waals surface area contributed by atoms with Gasteiger partial charge in [-0.25, -0.2) is 0 Å². The van der Waals surface area contributed by atoms with Gasteiger partial charge >= 0.3 is 0 Å². The molecule has 0 aliphatic heterocycles. The highest BCUT2D eigenvalue weighted by atomic mass is 15.1. The number of hydrogen-bond acceptors (Lipinski definition) is 2. The molecule has 0 aromatic carbocycles. The summed E-state index contributed by atoms with van der Waals surface area (Å²) in [5.74, 6) is 2.59. The van der Waals surface area contributed by atoms with Crippen molar-refractivity contribution in [1.82, 2.24) is 4.90 Å². The molecule has 0 rings (SSSR count). The number of terminal acetylenes is 1. The quantitative estimate of drug-likeness (QED) is 0.569. The molecule has 0 aliphatic rings. The van der Waals surface area contributed by atoms with Gasteiger partial charge in [0.05, 0.1) is 6.54 Å². The smallest absolute Gasteiger partial charge is 0.0599 e. The first kappa shape index (κ1) is 9.48. The number of likely N-dealkylation sites (N-methyl/N-ethyl adjacent to an activating group) is 1. The van der Waals surface area contributed by atoms with E-state index in [1.165, 1.54) is 0 Å². The molecule has 0 aromatic rings. The van der Waals surface area contributed by atoms with E-state index in [1.54, 1.807) is 0 Å². The standard InChI is InChI=1S/C8H16N2/c1-4-6-10(5-2)7-8(3)9/h1,8H,5-7,9H2,2-3H3. The Morgan fingerprint density at radius 2 is 2.30 bits per heavy atom. The van der Waals surface area contributed by atoms with Gasteiger partial charge < -0.3 is 5.73 Å². The van der Waals surface area contributed by atoms with Gasteiger partial charge in [-0.15, -0.1) is 6.42 Å². The Morgan fingerprint density at radius 3 is 2.60 bits per heavy atom. The van der Waals surface area contributed by atoms with E-state index in [4.69, 9.17) is 12.2 Å². The number of hydrogen-bond donors (Lipinski definition) is 1. The predicted octanol–water partition coefficient (Wildman–Crippen LogP) is 0.289. The Bertz CT molecular complexity index is 113. The molecule has 0 spiro atoms. The van der Waals surface area contributed by atoms with E-state index in [0.717, 1.165) is 13.1 Å². The lowest BCUT2D eigenvalue weighted by Gasteiger charge is -2.19. The fraction of sp³-hybridized carbons (Fsp3) is 0.750. The van der Waals surface area contributed by atoms with Crippen LogP contribution in [-0.4, -0.2) is 30.6 Å². The zero-order valence-corrected chi connectivity index (χ0v) is 6.80.